The summed E-state index contributed by atoms with van der Waals surface area (Å²) in [5.74, 6) is 1.50. The summed E-state index contributed by atoms with van der Waals surface area (Å²) >= 11 is 0. The van der Waals surface area contributed by atoms with Crippen molar-refractivity contribution in [2.75, 3.05) is 20.7 Å². The van der Waals surface area contributed by atoms with Crippen LogP contribution in [0.3, 0.4) is 0 Å². The Morgan fingerprint density at radius 3 is 2.87 bits per heavy atom. The maximum atomic E-state index is 5.56. The number of nitrogens with zero attached hydrogens (tertiary/aromatic N) is 4. The highest BCUT2D eigenvalue weighted by atomic mass is 16.5. The fraction of sp³-hybridized carbons (Fsp3) is 0.412. The first kappa shape index (κ1) is 16.9. The Balaban J connectivity index is 1.99. The van der Waals surface area contributed by atoms with Crippen molar-refractivity contribution >= 4 is 5.96 Å². The summed E-state index contributed by atoms with van der Waals surface area (Å²) < 4.78 is 7.67. The molecule has 0 unspecified atom stereocenters. The summed E-state index contributed by atoms with van der Waals surface area (Å²) in [6.07, 6.45) is 3.79. The molecule has 23 heavy (non-hydrogen) atoms. The van der Waals surface area contributed by atoms with Crippen LogP contribution in [-0.4, -0.2) is 41.1 Å². The number of hydrogen-bond acceptors (Lipinski definition) is 3. The smallest absolute Gasteiger partial charge is 0.218 e. The van der Waals surface area contributed by atoms with Crippen LogP contribution < -0.4 is 10.1 Å². The molecule has 2 rings (SSSR count). The van der Waals surface area contributed by atoms with Gasteiger partial charge in [-0.15, -0.1) is 0 Å². The molecule has 0 saturated heterocycles. The van der Waals surface area contributed by atoms with Gasteiger partial charge in [0.2, 0.25) is 5.88 Å². The molecule has 0 atom stereocenters. The van der Waals surface area contributed by atoms with E-state index in [4.69, 9.17) is 4.74 Å². The van der Waals surface area contributed by atoms with E-state index in [9.17, 15) is 0 Å². The summed E-state index contributed by atoms with van der Waals surface area (Å²) in [5, 5.41) is 3.36. The van der Waals surface area contributed by atoms with Crippen molar-refractivity contribution in [3.8, 4) is 5.88 Å². The van der Waals surface area contributed by atoms with E-state index in [1.807, 2.05) is 45.4 Å². The standard InChI is InChI=1S/C17H25N5O/c1-5-23-16-14(8-6-10-19-16)12-20-17(18-2)22(4)13-15-9-7-11-21(15)3/h6-11H,5,12-13H2,1-4H3,(H,18,20). The molecule has 2 aromatic heterocycles. The average molecular weight is 315 g/mol. The fourth-order valence-electron chi connectivity index (χ4n) is 2.36. The Hall–Kier alpha value is -2.50. The molecule has 6 nitrogen and oxygen atoms in total. The van der Waals surface area contributed by atoms with Crippen LogP contribution in [0.15, 0.2) is 41.7 Å². The van der Waals surface area contributed by atoms with Crippen molar-refractivity contribution in [1.29, 1.82) is 0 Å². The molecule has 124 valence electrons. The van der Waals surface area contributed by atoms with Gasteiger partial charge in [0.1, 0.15) is 0 Å². The SMILES string of the molecule is CCOc1ncccc1CNC(=NC)N(C)Cc1cccn1C. The first-order valence-electron chi connectivity index (χ1n) is 7.74. The predicted octanol–water partition coefficient (Wildman–Crippen LogP) is 2.03. The minimum Gasteiger partial charge on any atom is -0.478 e. The molecule has 6 heteroatoms. The lowest BCUT2D eigenvalue weighted by molar-refractivity contribution is 0.322. The summed E-state index contributed by atoms with van der Waals surface area (Å²) in [4.78, 5) is 10.7. The molecule has 0 aliphatic rings. The quantitative estimate of drug-likeness (QED) is 0.654. The van der Waals surface area contributed by atoms with Crippen molar-refractivity contribution in [3.63, 3.8) is 0 Å². The number of guanidine groups is 1. The van der Waals surface area contributed by atoms with Crippen molar-refractivity contribution in [2.24, 2.45) is 12.0 Å². The number of pyridine rings is 1. The predicted molar refractivity (Wildman–Crippen MR) is 92.5 cm³/mol. The summed E-state index contributed by atoms with van der Waals surface area (Å²) in [6.45, 7) is 3.96. The van der Waals surface area contributed by atoms with E-state index in [1.165, 1.54) is 5.69 Å². The third-order valence-electron chi connectivity index (χ3n) is 3.59. The monoisotopic (exact) mass is 315 g/mol. The van der Waals surface area contributed by atoms with Crippen LogP contribution in [0.25, 0.3) is 0 Å². The molecule has 0 aliphatic heterocycles. The molecule has 2 heterocycles. The van der Waals surface area contributed by atoms with E-state index in [1.54, 1.807) is 13.2 Å². The van der Waals surface area contributed by atoms with E-state index in [0.717, 1.165) is 18.1 Å². The van der Waals surface area contributed by atoms with Crippen LogP contribution in [0.4, 0.5) is 0 Å². The molecule has 0 spiro atoms. The number of ether oxygens (including phenoxy) is 1. The molecule has 0 aliphatic carbocycles. The van der Waals surface area contributed by atoms with Crippen LogP contribution in [0.5, 0.6) is 5.88 Å². The lowest BCUT2D eigenvalue weighted by Crippen LogP contribution is -2.38. The second-order valence-corrected chi connectivity index (χ2v) is 5.27. The van der Waals surface area contributed by atoms with Gasteiger partial charge in [-0.25, -0.2) is 4.98 Å². The molecular weight excluding hydrogens is 290 g/mol. The number of nitrogens with one attached hydrogen (secondary N) is 1. The van der Waals surface area contributed by atoms with Crippen molar-refractivity contribution in [3.05, 3.63) is 47.9 Å². The zero-order chi connectivity index (χ0) is 16.7. The molecule has 0 saturated carbocycles. The maximum Gasteiger partial charge on any atom is 0.218 e. The number of aryl methyl sites for hydroxylation is 1. The van der Waals surface area contributed by atoms with Crippen LogP contribution in [-0.2, 0) is 20.1 Å². The third-order valence-corrected chi connectivity index (χ3v) is 3.59. The summed E-state index contributed by atoms with van der Waals surface area (Å²) in [7, 11) is 5.86. The van der Waals surface area contributed by atoms with Crippen molar-refractivity contribution in [2.45, 2.75) is 20.0 Å². The number of hydrogen-bond donors (Lipinski definition) is 1. The van der Waals surface area contributed by atoms with Crippen LogP contribution in [0.1, 0.15) is 18.2 Å². The number of rotatable bonds is 6. The summed E-state index contributed by atoms with van der Waals surface area (Å²) in [5.41, 5.74) is 2.24. The van der Waals surface area contributed by atoms with E-state index in [0.29, 0.717) is 19.0 Å². The Morgan fingerprint density at radius 2 is 2.22 bits per heavy atom. The van der Waals surface area contributed by atoms with Gasteiger partial charge in [0.25, 0.3) is 0 Å². The Morgan fingerprint density at radius 1 is 1.39 bits per heavy atom. The van der Waals surface area contributed by atoms with Gasteiger partial charge in [-0.2, -0.15) is 0 Å². The first-order valence-corrected chi connectivity index (χ1v) is 7.74. The zero-order valence-electron chi connectivity index (χ0n) is 14.3. The highest BCUT2D eigenvalue weighted by Crippen LogP contribution is 2.14. The topological polar surface area (TPSA) is 54.7 Å². The fourth-order valence-corrected chi connectivity index (χ4v) is 2.36. The van der Waals surface area contributed by atoms with Gasteiger partial charge >= 0.3 is 0 Å². The highest BCUT2D eigenvalue weighted by molar-refractivity contribution is 5.79. The van der Waals surface area contributed by atoms with Gasteiger partial charge in [-0.05, 0) is 25.1 Å². The Labute approximate surface area is 137 Å². The molecule has 0 amide bonds. The molecule has 1 N–H and O–H groups in total. The minimum atomic E-state index is 0.603. The van der Waals surface area contributed by atoms with Gasteiger partial charge in [0.05, 0.1) is 13.2 Å². The largest absolute Gasteiger partial charge is 0.478 e. The van der Waals surface area contributed by atoms with Crippen LogP contribution in [0.2, 0.25) is 0 Å². The second-order valence-electron chi connectivity index (χ2n) is 5.27. The first-order chi connectivity index (χ1) is 11.2. The molecule has 0 bridgehead atoms. The average Bonchev–Trinajstić information content (AvgIpc) is 2.95. The maximum absolute atomic E-state index is 5.56. The van der Waals surface area contributed by atoms with E-state index in [-0.39, 0.29) is 0 Å². The van der Waals surface area contributed by atoms with Gasteiger partial charge in [0.15, 0.2) is 5.96 Å². The van der Waals surface area contributed by atoms with Gasteiger partial charge in [0, 0.05) is 51.3 Å². The normalized spacial score (nSPS) is 11.4. The van der Waals surface area contributed by atoms with Crippen LogP contribution in [0, 0.1) is 0 Å². The number of aromatic nitrogens is 2. The molecule has 0 radical (unpaired) electrons. The lowest BCUT2D eigenvalue weighted by atomic mass is 10.2. The van der Waals surface area contributed by atoms with E-state index in [2.05, 4.69) is 30.8 Å². The molecular formula is C17H25N5O. The van der Waals surface area contributed by atoms with E-state index < -0.39 is 0 Å². The molecule has 0 fully saturated rings. The molecule has 0 aromatic carbocycles. The van der Waals surface area contributed by atoms with Crippen molar-refractivity contribution < 1.29 is 4.74 Å². The third kappa shape index (κ3) is 4.48. The lowest BCUT2D eigenvalue weighted by Gasteiger charge is -2.22. The summed E-state index contributed by atoms with van der Waals surface area (Å²) in [6, 6.07) is 8.08. The molecule has 2 aromatic rings. The van der Waals surface area contributed by atoms with Crippen molar-refractivity contribution in [1.82, 2.24) is 19.8 Å². The highest BCUT2D eigenvalue weighted by Gasteiger charge is 2.10. The van der Waals surface area contributed by atoms with Crippen LogP contribution >= 0.6 is 0 Å². The zero-order valence-corrected chi connectivity index (χ0v) is 14.3. The van der Waals surface area contributed by atoms with Gasteiger partial charge in [-0.1, -0.05) is 6.07 Å². The minimum absolute atomic E-state index is 0.603. The van der Waals surface area contributed by atoms with Gasteiger partial charge in [-0.3, -0.25) is 4.99 Å². The van der Waals surface area contributed by atoms with E-state index >= 15 is 0 Å². The Kier molecular flexibility index (Phi) is 6.02. The second kappa shape index (κ2) is 8.22. The Bertz CT molecular complexity index is 650. The number of aliphatic imine (C=N–C) groups is 1. The van der Waals surface area contributed by atoms with Gasteiger partial charge < -0.3 is 19.5 Å².